The summed E-state index contributed by atoms with van der Waals surface area (Å²) in [6, 6.07) is 8.98. The van der Waals surface area contributed by atoms with Gasteiger partial charge in [0.15, 0.2) is 6.29 Å². The zero-order valence-electron chi connectivity index (χ0n) is 13.9. The number of alkyl halides is 6. The molecule has 3 aromatic rings. The summed E-state index contributed by atoms with van der Waals surface area (Å²) >= 11 is 0. The molecule has 0 bridgehead atoms. The minimum Gasteiger partial charge on any atom is -0.406 e. The third-order valence-electron chi connectivity index (χ3n) is 4.02. The fourth-order valence-corrected chi connectivity index (χ4v) is 2.84. The number of aliphatic hydroxyl groups is 2. The van der Waals surface area contributed by atoms with Crippen LogP contribution in [0.25, 0.3) is 10.9 Å². The Bertz CT molecular complexity index is 974. The summed E-state index contributed by atoms with van der Waals surface area (Å²) in [6.07, 6.45) is -11.3. The number of aromatic nitrogens is 1. The lowest BCUT2D eigenvalue weighted by Gasteiger charge is -2.13. The van der Waals surface area contributed by atoms with Crippen LogP contribution in [0, 0.1) is 0 Å². The molecule has 150 valence electrons. The zero-order chi connectivity index (χ0) is 20.7. The molecule has 1 heterocycles. The third-order valence-corrected chi connectivity index (χ3v) is 4.02. The van der Waals surface area contributed by atoms with Crippen LogP contribution in [0.15, 0.2) is 48.5 Å². The number of halogens is 6. The number of aliphatic hydroxyl groups excluding tert-OH is 1. The Labute approximate surface area is 154 Å². The van der Waals surface area contributed by atoms with E-state index in [2.05, 4.69) is 4.74 Å². The van der Waals surface area contributed by atoms with Crippen molar-refractivity contribution in [2.75, 3.05) is 0 Å². The lowest BCUT2D eigenvalue weighted by atomic mass is 10.1. The minimum absolute atomic E-state index is 0.0198. The summed E-state index contributed by atoms with van der Waals surface area (Å²) in [7, 11) is 0. The van der Waals surface area contributed by atoms with E-state index in [1.807, 2.05) is 0 Å². The van der Waals surface area contributed by atoms with Gasteiger partial charge in [-0.15, -0.1) is 13.2 Å². The van der Waals surface area contributed by atoms with Crippen molar-refractivity contribution >= 4 is 10.9 Å². The molecular weight excluding hydrogens is 392 g/mol. The van der Waals surface area contributed by atoms with Crippen molar-refractivity contribution < 1.29 is 41.3 Å². The summed E-state index contributed by atoms with van der Waals surface area (Å²) in [5, 5.41) is 19.4. The number of nitrogens with zero attached hydrogens (tertiary/aromatic N) is 1. The highest BCUT2D eigenvalue weighted by Crippen LogP contribution is 2.32. The highest BCUT2D eigenvalue weighted by atomic mass is 19.4. The van der Waals surface area contributed by atoms with Gasteiger partial charge in [0, 0.05) is 17.4 Å². The molecule has 4 nitrogen and oxygen atoms in total. The average Bonchev–Trinajstić information content (AvgIpc) is 2.91. The van der Waals surface area contributed by atoms with E-state index in [1.54, 1.807) is 0 Å². The standard InChI is InChI=1S/C18H13F6NO3/c19-17(20,21)12-3-1-10(2-4-12)9-25-14-6-5-13(28-18(22,23)24)7-11(14)8-15(25)16(26)27/h1-8,16,26-27H,9H2. The molecule has 0 saturated heterocycles. The lowest BCUT2D eigenvalue weighted by Crippen LogP contribution is -2.17. The van der Waals surface area contributed by atoms with Gasteiger partial charge in [0.1, 0.15) is 5.75 Å². The molecule has 0 aliphatic heterocycles. The summed E-state index contributed by atoms with van der Waals surface area (Å²) in [4.78, 5) is 0. The van der Waals surface area contributed by atoms with Gasteiger partial charge in [-0.3, -0.25) is 0 Å². The van der Waals surface area contributed by atoms with Gasteiger partial charge in [0.2, 0.25) is 0 Å². The van der Waals surface area contributed by atoms with Crippen LogP contribution < -0.4 is 4.74 Å². The van der Waals surface area contributed by atoms with Gasteiger partial charge in [-0.05, 0) is 42.0 Å². The molecule has 0 aliphatic rings. The van der Waals surface area contributed by atoms with Crippen molar-refractivity contribution in [1.29, 1.82) is 0 Å². The minimum atomic E-state index is -4.88. The summed E-state index contributed by atoms with van der Waals surface area (Å²) < 4.78 is 80.3. The van der Waals surface area contributed by atoms with Crippen LogP contribution in [0.5, 0.6) is 5.75 Å². The van der Waals surface area contributed by atoms with E-state index in [-0.39, 0.29) is 17.6 Å². The lowest BCUT2D eigenvalue weighted by molar-refractivity contribution is -0.274. The summed E-state index contributed by atoms with van der Waals surface area (Å²) in [5.41, 5.74) is -0.0652. The largest absolute Gasteiger partial charge is 0.573 e. The second-order valence-electron chi connectivity index (χ2n) is 5.99. The molecule has 0 spiro atoms. The first-order valence-electron chi connectivity index (χ1n) is 7.85. The van der Waals surface area contributed by atoms with Crippen LogP contribution in [0.2, 0.25) is 0 Å². The Hall–Kier alpha value is -2.72. The molecule has 0 aliphatic carbocycles. The van der Waals surface area contributed by atoms with Crippen molar-refractivity contribution in [1.82, 2.24) is 4.57 Å². The smallest absolute Gasteiger partial charge is 0.406 e. The first kappa shape index (κ1) is 20.0. The molecule has 0 atom stereocenters. The second-order valence-corrected chi connectivity index (χ2v) is 5.99. The Morgan fingerprint density at radius 3 is 2.07 bits per heavy atom. The fraction of sp³-hybridized carbons (Fsp3) is 0.222. The molecule has 10 heteroatoms. The highest BCUT2D eigenvalue weighted by molar-refractivity contribution is 5.83. The van der Waals surface area contributed by atoms with E-state index < -0.39 is 30.1 Å². The Morgan fingerprint density at radius 1 is 0.893 bits per heavy atom. The molecule has 2 aromatic carbocycles. The highest BCUT2D eigenvalue weighted by Gasteiger charge is 2.31. The normalized spacial score (nSPS) is 12.8. The number of fused-ring (bicyclic) bond motifs is 1. The second kappa shape index (κ2) is 7.02. The van der Waals surface area contributed by atoms with E-state index in [9.17, 15) is 36.6 Å². The monoisotopic (exact) mass is 405 g/mol. The molecule has 0 unspecified atom stereocenters. The first-order valence-corrected chi connectivity index (χ1v) is 7.85. The number of hydrogen-bond acceptors (Lipinski definition) is 3. The summed E-state index contributed by atoms with van der Waals surface area (Å²) in [6.45, 7) is -0.0198. The van der Waals surface area contributed by atoms with Gasteiger partial charge in [-0.25, -0.2) is 0 Å². The maximum atomic E-state index is 12.7. The SMILES string of the molecule is OC(O)c1cc2cc(OC(F)(F)F)ccc2n1Cc1ccc(C(F)(F)F)cc1. The number of ether oxygens (including phenoxy) is 1. The molecule has 3 rings (SSSR count). The van der Waals surface area contributed by atoms with E-state index in [0.29, 0.717) is 11.1 Å². The number of hydrogen-bond donors (Lipinski definition) is 2. The van der Waals surface area contributed by atoms with Gasteiger partial charge in [-0.1, -0.05) is 12.1 Å². The molecule has 2 N–H and O–H groups in total. The molecule has 0 radical (unpaired) electrons. The molecule has 0 amide bonds. The van der Waals surface area contributed by atoms with Gasteiger partial charge >= 0.3 is 12.5 Å². The molecule has 1 aromatic heterocycles. The average molecular weight is 405 g/mol. The van der Waals surface area contributed by atoms with Crippen LogP contribution in [0.1, 0.15) is 23.1 Å². The Morgan fingerprint density at radius 2 is 1.54 bits per heavy atom. The maximum Gasteiger partial charge on any atom is 0.573 e. The van der Waals surface area contributed by atoms with Crippen LogP contribution in [-0.2, 0) is 12.7 Å². The van der Waals surface area contributed by atoms with E-state index >= 15 is 0 Å². The fourth-order valence-electron chi connectivity index (χ4n) is 2.84. The number of benzene rings is 2. The van der Waals surface area contributed by atoms with Crippen LogP contribution in [-0.4, -0.2) is 21.1 Å². The predicted molar refractivity (Wildman–Crippen MR) is 86.3 cm³/mol. The first-order chi connectivity index (χ1) is 12.9. The number of rotatable bonds is 4. The van der Waals surface area contributed by atoms with E-state index in [0.717, 1.165) is 24.3 Å². The third kappa shape index (κ3) is 4.39. The molecule has 0 fully saturated rings. The maximum absolute atomic E-state index is 12.7. The Balaban J connectivity index is 1.98. The predicted octanol–water partition coefficient (Wildman–Crippen LogP) is 4.59. The quantitative estimate of drug-likeness (QED) is 0.493. The van der Waals surface area contributed by atoms with E-state index in [4.69, 9.17) is 0 Å². The molecule has 0 saturated carbocycles. The van der Waals surface area contributed by atoms with Crippen LogP contribution >= 0.6 is 0 Å². The van der Waals surface area contributed by atoms with Crippen molar-refractivity contribution in [2.45, 2.75) is 25.4 Å². The van der Waals surface area contributed by atoms with Crippen molar-refractivity contribution in [3.05, 3.63) is 65.4 Å². The molecular formula is C18H13F6NO3. The van der Waals surface area contributed by atoms with Gasteiger partial charge in [0.25, 0.3) is 0 Å². The Kier molecular flexibility index (Phi) is 5.02. The van der Waals surface area contributed by atoms with Crippen LogP contribution in [0.3, 0.4) is 0 Å². The zero-order valence-corrected chi connectivity index (χ0v) is 13.9. The van der Waals surface area contributed by atoms with Crippen molar-refractivity contribution in [3.63, 3.8) is 0 Å². The van der Waals surface area contributed by atoms with Crippen molar-refractivity contribution in [2.24, 2.45) is 0 Å². The van der Waals surface area contributed by atoms with Gasteiger partial charge < -0.3 is 19.5 Å². The van der Waals surface area contributed by atoms with Gasteiger partial charge in [0.05, 0.1) is 11.3 Å². The van der Waals surface area contributed by atoms with E-state index in [1.165, 1.54) is 28.8 Å². The topological polar surface area (TPSA) is 54.6 Å². The molecule has 28 heavy (non-hydrogen) atoms. The van der Waals surface area contributed by atoms with Gasteiger partial charge in [-0.2, -0.15) is 13.2 Å². The van der Waals surface area contributed by atoms with Crippen LogP contribution in [0.4, 0.5) is 26.3 Å². The summed E-state index contributed by atoms with van der Waals surface area (Å²) in [5.74, 6) is -0.481. The van der Waals surface area contributed by atoms with Crippen molar-refractivity contribution in [3.8, 4) is 5.75 Å².